The number of carbonyl (C=O) groups is 1. The molecule has 1 N–H and O–H groups in total. The molecule has 0 aromatic heterocycles. The summed E-state index contributed by atoms with van der Waals surface area (Å²) in [5, 5.41) is 2.88. The Morgan fingerprint density at radius 2 is 2.00 bits per heavy atom. The van der Waals surface area contributed by atoms with Crippen molar-refractivity contribution in [3.05, 3.63) is 29.8 Å². The number of methoxy groups -OCH3 is 1. The summed E-state index contributed by atoms with van der Waals surface area (Å²) in [6.07, 6.45) is 2.68. The van der Waals surface area contributed by atoms with Crippen molar-refractivity contribution in [2.75, 3.05) is 26.8 Å². The van der Waals surface area contributed by atoms with Gasteiger partial charge < -0.3 is 14.8 Å². The van der Waals surface area contributed by atoms with Gasteiger partial charge in [-0.3, -0.25) is 9.69 Å². The second-order valence-electron chi connectivity index (χ2n) is 7.47. The third-order valence-electron chi connectivity index (χ3n) is 4.01. The van der Waals surface area contributed by atoms with Gasteiger partial charge in [0, 0.05) is 25.7 Å². The van der Waals surface area contributed by atoms with Gasteiger partial charge in [0.2, 0.25) is 0 Å². The third-order valence-corrected chi connectivity index (χ3v) is 4.01. The Balaban J connectivity index is 1.79. The van der Waals surface area contributed by atoms with Gasteiger partial charge in [-0.25, -0.2) is 0 Å². The number of hydrogen-bond donors (Lipinski definition) is 1. The zero-order chi connectivity index (χ0) is 17.6. The van der Waals surface area contributed by atoms with E-state index in [4.69, 9.17) is 9.47 Å². The monoisotopic (exact) mass is 334 g/mol. The highest BCUT2D eigenvalue weighted by molar-refractivity contribution is 5.78. The Labute approximate surface area is 145 Å². The second kappa shape index (κ2) is 8.49. The molecule has 0 saturated carbocycles. The summed E-state index contributed by atoms with van der Waals surface area (Å²) in [7, 11) is 1.79. The van der Waals surface area contributed by atoms with Crippen LogP contribution in [0.1, 0.15) is 39.2 Å². The van der Waals surface area contributed by atoms with Crippen LogP contribution >= 0.6 is 0 Å². The summed E-state index contributed by atoms with van der Waals surface area (Å²) in [6, 6.07) is 7.98. The summed E-state index contributed by atoms with van der Waals surface area (Å²) in [6.45, 7) is 8.92. The summed E-state index contributed by atoms with van der Waals surface area (Å²) in [5.74, 6) is 0.613. The molecule has 134 valence electrons. The first-order valence-electron chi connectivity index (χ1n) is 8.63. The van der Waals surface area contributed by atoms with E-state index in [1.54, 1.807) is 7.11 Å². The van der Waals surface area contributed by atoms with Gasteiger partial charge in [0.25, 0.3) is 5.91 Å². The molecule has 1 saturated heterocycles. The number of benzene rings is 1. The van der Waals surface area contributed by atoms with E-state index < -0.39 is 0 Å². The van der Waals surface area contributed by atoms with Gasteiger partial charge in [-0.15, -0.1) is 0 Å². The molecule has 1 fully saturated rings. The van der Waals surface area contributed by atoms with E-state index >= 15 is 0 Å². The highest BCUT2D eigenvalue weighted by Gasteiger charge is 2.19. The molecule has 1 amide bonds. The first kappa shape index (κ1) is 18.7. The topological polar surface area (TPSA) is 50.8 Å². The summed E-state index contributed by atoms with van der Waals surface area (Å²) >= 11 is 0. The second-order valence-corrected chi connectivity index (χ2v) is 7.47. The summed E-state index contributed by atoms with van der Waals surface area (Å²) in [5.41, 5.74) is 1.01. The van der Waals surface area contributed by atoms with E-state index in [2.05, 4.69) is 22.3 Å². The molecule has 24 heavy (non-hydrogen) atoms. The van der Waals surface area contributed by atoms with Crippen LogP contribution in [-0.2, 0) is 16.1 Å². The highest BCUT2D eigenvalue weighted by Crippen LogP contribution is 2.18. The average molecular weight is 334 g/mol. The number of hydrogen-bond acceptors (Lipinski definition) is 4. The smallest absolute Gasteiger partial charge is 0.258 e. The molecule has 1 aliphatic heterocycles. The van der Waals surface area contributed by atoms with E-state index in [1.807, 2.05) is 32.9 Å². The Morgan fingerprint density at radius 3 is 2.62 bits per heavy atom. The van der Waals surface area contributed by atoms with Gasteiger partial charge >= 0.3 is 0 Å². The zero-order valence-electron chi connectivity index (χ0n) is 15.3. The largest absolute Gasteiger partial charge is 0.484 e. The molecule has 1 aromatic carbocycles. The standard InChI is InChI=1S/C19H30N2O3/c1-19(2,3)20-18(22)14-24-16-9-7-15(8-10-16)12-21-11-5-6-17(13-21)23-4/h7-10,17H,5-6,11-14H2,1-4H3,(H,20,22)/t17-/m0/s1. The molecule has 5 heteroatoms. The minimum absolute atomic E-state index is 0.0399. The number of piperidine rings is 1. The lowest BCUT2D eigenvalue weighted by molar-refractivity contribution is -0.124. The van der Waals surface area contributed by atoms with Crippen molar-refractivity contribution in [2.24, 2.45) is 0 Å². The van der Waals surface area contributed by atoms with Crippen LogP contribution in [0.25, 0.3) is 0 Å². The number of nitrogens with zero attached hydrogens (tertiary/aromatic N) is 1. The molecule has 1 aromatic rings. The minimum atomic E-state index is -0.237. The molecule has 1 atom stereocenters. The Hall–Kier alpha value is -1.59. The van der Waals surface area contributed by atoms with Crippen LogP contribution in [0, 0.1) is 0 Å². The van der Waals surface area contributed by atoms with Crippen LogP contribution in [0.2, 0.25) is 0 Å². The van der Waals surface area contributed by atoms with Crippen molar-refractivity contribution in [3.63, 3.8) is 0 Å². The zero-order valence-corrected chi connectivity index (χ0v) is 15.3. The number of ether oxygens (including phenoxy) is 2. The molecule has 1 heterocycles. The lowest BCUT2D eigenvalue weighted by Gasteiger charge is -2.31. The van der Waals surface area contributed by atoms with Crippen molar-refractivity contribution in [1.82, 2.24) is 10.2 Å². The first-order chi connectivity index (χ1) is 11.4. The number of rotatable bonds is 6. The van der Waals surface area contributed by atoms with Crippen molar-refractivity contribution in [3.8, 4) is 5.75 Å². The molecular formula is C19H30N2O3. The van der Waals surface area contributed by atoms with Gasteiger partial charge in [-0.1, -0.05) is 12.1 Å². The quantitative estimate of drug-likeness (QED) is 0.869. The van der Waals surface area contributed by atoms with Crippen molar-refractivity contribution in [1.29, 1.82) is 0 Å². The predicted octanol–water partition coefficient (Wildman–Crippen LogP) is 2.59. The van der Waals surface area contributed by atoms with Crippen LogP contribution in [-0.4, -0.2) is 49.3 Å². The Bertz CT molecular complexity index is 522. The Kier molecular flexibility index (Phi) is 6.63. The fourth-order valence-corrected chi connectivity index (χ4v) is 2.90. The van der Waals surface area contributed by atoms with E-state index in [-0.39, 0.29) is 18.1 Å². The minimum Gasteiger partial charge on any atom is -0.484 e. The van der Waals surface area contributed by atoms with E-state index in [9.17, 15) is 4.79 Å². The van der Waals surface area contributed by atoms with Gasteiger partial charge in [0.15, 0.2) is 6.61 Å². The number of carbonyl (C=O) groups excluding carboxylic acids is 1. The third kappa shape index (κ3) is 6.49. The fraction of sp³-hybridized carbons (Fsp3) is 0.632. The molecule has 1 aliphatic rings. The normalized spacial score (nSPS) is 19.1. The van der Waals surface area contributed by atoms with Crippen molar-refractivity contribution in [2.45, 2.75) is 51.8 Å². The van der Waals surface area contributed by atoms with Crippen LogP contribution in [0.15, 0.2) is 24.3 Å². The molecule has 0 aliphatic carbocycles. The summed E-state index contributed by atoms with van der Waals surface area (Å²) < 4.78 is 11.0. The maximum absolute atomic E-state index is 11.8. The first-order valence-corrected chi connectivity index (χ1v) is 8.63. The van der Waals surface area contributed by atoms with Crippen molar-refractivity contribution >= 4 is 5.91 Å². The molecule has 0 spiro atoms. The molecule has 0 bridgehead atoms. The highest BCUT2D eigenvalue weighted by atomic mass is 16.5. The molecule has 2 rings (SSSR count). The summed E-state index contributed by atoms with van der Waals surface area (Å²) in [4.78, 5) is 14.2. The molecular weight excluding hydrogens is 304 g/mol. The van der Waals surface area contributed by atoms with Crippen LogP contribution < -0.4 is 10.1 Å². The van der Waals surface area contributed by atoms with E-state index in [0.29, 0.717) is 6.10 Å². The maximum Gasteiger partial charge on any atom is 0.258 e. The molecule has 5 nitrogen and oxygen atoms in total. The van der Waals surface area contributed by atoms with E-state index in [0.717, 1.165) is 31.8 Å². The van der Waals surface area contributed by atoms with Gasteiger partial charge in [-0.2, -0.15) is 0 Å². The predicted molar refractivity (Wildman–Crippen MR) is 95.1 cm³/mol. The number of nitrogens with one attached hydrogen (secondary N) is 1. The Morgan fingerprint density at radius 1 is 1.29 bits per heavy atom. The SMILES string of the molecule is CO[C@H]1CCCN(Cc2ccc(OCC(=O)NC(C)(C)C)cc2)C1. The maximum atomic E-state index is 11.8. The molecule has 0 radical (unpaired) electrons. The van der Waals surface area contributed by atoms with Crippen LogP contribution in [0.4, 0.5) is 0 Å². The molecule has 0 unspecified atom stereocenters. The van der Waals surface area contributed by atoms with Gasteiger partial charge in [0.05, 0.1) is 6.10 Å². The van der Waals surface area contributed by atoms with Gasteiger partial charge in [-0.05, 0) is 57.9 Å². The van der Waals surface area contributed by atoms with E-state index in [1.165, 1.54) is 12.0 Å². The number of amides is 1. The lowest BCUT2D eigenvalue weighted by Crippen LogP contribution is -2.43. The average Bonchev–Trinajstić information content (AvgIpc) is 2.53. The van der Waals surface area contributed by atoms with Gasteiger partial charge in [0.1, 0.15) is 5.75 Å². The number of likely N-dealkylation sites (tertiary alicyclic amines) is 1. The van der Waals surface area contributed by atoms with Crippen LogP contribution in [0.5, 0.6) is 5.75 Å². The fourth-order valence-electron chi connectivity index (χ4n) is 2.90. The lowest BCUT2D eigenvalue weighted by atomic mass is 10.1. The van der Waals surface area contributed by atoms with Crippen LogP contribution in [0.3, 0.4) is 0 Å². The van der Waals surface area contributed by atoms with Crippen molar-refractivity contribution < 1.29 is 14.3 Å².